The average Bonchev–Trinajstić information content (AvgIpc) is 3.17. The molecule has 0 radical (unpaired) electrons. The summed E-state index contributed by atoms with van der Waals surface area (Å²) in [4.78, 5) is 25.0. The average molecular weight is 452 g/mol. The molecule has 1 heterocycles. The van der Waals surface area contributed by atoms with Crippen LogP contribution in [0.2, 0.25) is 5.02 Å². The van der Waals surface area contributed by atoms with E-state index in [9.17, 15) is 19.1 Å². The second-order valence-electron chi connectivity index (χ2n) is 8.36. The standard InChI is InChI=1S/C21H23ClFN3O5/c1-12-8-16(31-26-12)19(29)25-20-4-6-21(7-5-20,17(27)10-20)24-18(28)11-30-13-2-3-15(23)14(22)9-13/h2-3,8-9,17,27H,4-7,10-11H2,1H3,(H,24,28)(H,25,29)/t17-,20?,21?/m0/s1. The number of fused-ring (bicyclic) bond motifs is 3. The minimum atomic E-state index is -0.823. The summed E-state index contributed by atoms with van der Waals surface area (Å²) in [6, 6.07) is 5.41. The molecule has 1 atom stereocenters. The number of aromatic nitrogens is 1. The van der Waals surface area contributed by atoms with Crippen molar-refractivity contribution in [2.45, 2.75) is 56.2 Å². The Morgan fingerprint density at radius 3 is 2.65 bits per heavy atom. The Morgan fingerprint density at radius 2 is 2.03 bits per heavy atom. The molecule has 0 spiro atoms. The van der Waals surface area contributed by atoms with Crippen LogP contribution in [-0.2, 0) is 4.79 Å². The summed E-state index contributed by atoms with van der Waals surface area (Å²) in [5.41, 5.74) is -0.705. The van der Waals surface area contributed by atoms with Crippen molar-refractivity contribution in [3.63, 3.8) is 0 Å². The number of benzene rings is 1. The minimum absolute atomic E-state index is 0.0923. The molecule has 3 aliphatic rings. The lowest BCUT2D eigenvalue weighted by molar-refractivity contribution is -0.132. The third kappa shape index (κ3) is 4.38. The van der Waals surface area contributed by atoms with Crippen LogP contribution >= 0.6 is 11.6 Å². The Labute approximate surface area is 183 Å². The van der Waals surface area contributed by atoms with Gasteiger partial charge in [0.05, 0.1) is 22.4 Å². The SMILES string of the molecule is Cc1cc(C(=O)NC23CCC(NC(=O)COc4ccc(F)c(Cl)c4)(CC2)[C@@H](O)C3)on1. The van der Waals surface area contributed by atoms with Crippen LogP contribution in [-0.4, -0.2) is 45.9 Å². The second kappa shape index (κ2) is 8.12. The zero-order valence-corrected chi connectivity index (χ0v) is 17.7. The molecule has 3 N–H and O–H groups in total. The first-order chi connectivity index (χ1) is 14.7. The zero-order chi connectivity index (χ0) is 22.2. The fourth-order valence-corrected chi connectivity index (χ4v) is 4.63. The number of amides is 2. The van der Waals surface area contributed by atoms with E-state index in [0.717, 1.165) is 6.07 Å². The van der Waals surface area contributed by atoms with E-state index < -0.39 is 28.9 Å². The quantitative estimate of drug-likeness (QED) is 0.622. The van der Waals surface area contributed by atoms with Crippen LogP contribution in [0.4, 0.5) is 4.39 Å². The number of aryl methyl sites for hydroxylation is 1. The predicted molar refractivity (Wildman–Crippen MR) is 108 cm³/mol. The molecule has 1 aromatic carbocycles. The molecule has 0 saturated heterocycles. The lowest BCUT2D eigenvalue weighted by Crippen LogP contribution is -2.70. The second-order valence-corrected chi connectivity index (χ2v) is 8.76. The van der Waals surface area contributed by atoms with E-state index in [-0.39, 0.29) is 29.0 Å². The Hall–Kier alpha value is -2.65. The van der Waals surface area contributed by atoms with Crippen molar-refractivity contribution in [1.29, 1.82) is 0 Å². The number of carbonyl (C=O) groups excluding carboxylic acids is 2. The van der Waals surface area contributed by atoms with Crippen LogP contribution in [0.15, 0.2) is 28.8 Å². The van der Waals surface area contributed by atoms with Gasteiger partial charge in [-0.15, -0.1) is 0 Å². The maximum atomic E-state index is 13.2. The topological polar surface area (TPSA) is 114 Å². The summed E-state index contributed by atoms with van der Waals surface area (Å²) in [5, 5.41) is 20.3. The molecule has 0 aliphatic heterocycles. The molecule has 3 saturated carbocycles. The minimum Gasteiger partial charge on any atom is -0.484 e. The van der Waals surface area contributed by atoms with Gasteiger partial charge in [-0.2, -0.15) is 0 Å². The summed E-state index contributed by atoms with van der Waals surface area (Å²) in [6.07, 6.45) is 1.74. The van der Waals surface area contributed by atoms with E-state index in [0.29, 0.717) is 37.8 Å². The van der Waals surface area contributed by atoms with Gasteiger partial charge in [-0.25, -0.2) is 4.39 Å². The maximum absolute atomic E-state index is 13.2. The van der Waals surface area contributed by atoms with E-state index in [1.54, 1.807) is 13.0 Å². The van der Waals surface area contributed by atoms with Crippen LogP contribution in [0.25, 0.3) is 0 Å². The number of hydrogen-bond donors (Lipinski definition) is 3. The summed E-state index contributed by atoms with van der Waals surface area (Å²) >= 11 is 5.72. The van der Waals surface area contributed by atoms with Gasteiger partial charge in [-0.05, 0) is 51.2 Å². The van der Waals surface area contributed by atoms with Crippen molar-refractivity contribution in [2.75, 3.05) is 6.61 Å². The fourth-order valence-electron chi connectivity index (χ4n) is 4.46. The number of nitrogens with one attached hydrogen (secondary N) is 2. The highest BCUT2D eigenvalue weighted by Crippen LogP contribution is 2.47. The van der Waals surface area contributed by atoms with Crippen LogP contribution in [0, 0.1) is 12.7 Å². The predicted octanol–water partition coefficient (Wildman–Crippen LogP) is 2.52. The normalized spacial score (nSPS) is 27.0. The molecule has 2 aromatic rings. The van der Waals surface area contributed by atoms with Crippen LogP contribution in [0.5, 0.6) is 5.75 Å². The molecular formula is C21H23ClFN3O5. The van der Waals surface area contributed by atoms with E-state index in [1.165, 1.54) is 12.1 Å². The molecule has 2 amide bonds. The molecule has 2 bridgehead atoms. The van der Waals surface area contributed by atoms with E-state index in [1.807, 2.05) is 0 Å². The summed E-state index contributed by atoms with van der Waals surface area (Å²) < 4.78 is 23.6. The van der Waals surface area contributed by atoms with Crippen LogP contribution in [0.3, 0.4) is 0 Å². The van der Waals surface area contributed by atoms with Crippen molar-refractivity contribution >= 4 is 23.4 Å². The molecule has 3 fully saturated rings. The highest BCUT2D eigenvalue weighted by atomic mass is 35.5. The molecular weight excluding hydrogens is 429 g/mol. The number of halogens is 2. The highest BCUT2D eigenvalue weighted by Gasteiger charge is 2.55. The number of carbonyl (C=O) groups is 2. The van der Waals surface area contributed by atoms with Gasteiger partial charge in [0, 0.05) is 17.7 Å². The van der Waals surface area contributed by atoms with Gasteiger partial charge >= 0.3 is 0 Å². The molecule has 1 aromatic heterocycles. The zero-order valence-electron chi connectivity index (χ0n) is 16.9. The van der Waals surface area contributed by atoms with E-state index in [2.05, 4.69) is 15.8 Å². The molecule has 0 unspecified atom stereocenters. The Morgan fingerprint density at radius 1 is 1.29 bits per heavy atom. The highest BCUT2D eigenvalue weighted by molar-refractivity contribution is 6.30. The van der Waals surface area contributed by atoms with E-state index in [4.69, 9.17) is 20.9 Å². The van der Waals surface area contributed by atoms with Crippen molar-refractivity contribution in [3.05, 3.63) is 46.6 Å². The number of rotatable bonds is 6. The molecule has 8 nitrogen and oxygen atoms in total. The van der Waals surface area contributed by atoms with Crippen molar-refractivity contribution in [2.24, 2.45) is 0 Å². The number of aliphatic hydroxyl groups excluding tert-OH is 1. The van der Waals surface area contributed by atoms with Crippen molar-refractivity contribution in [3.8, 4) is 5.75 Å². The lowest BCUT2D eigenvalue weighted by atomic mass is 9.60. The number of aliphatic hydroxyl groups is 1. The third-order valence-corrected chi connectivity index (χ3v) is 6.49. The van der Waals surface area contributed by atoms with Crippen molar-refractivity contribution in [1.82, 2.24) is 15.8 Å². The first kappa shape index (κ1) is 21.6. The van der Waals surface area contributed by atoms with Gasteiger partial charge in [0.15, 0.2) is 6.61 Å². The Bertz CT molecular complexity index is 1000. The molecule has 10 heteroatoms. The van der Waals surface area contributed by atoms with E-state index >= 15 is 0 Å². The number of ether oxygens (including phenoxy) is 1. The molecule has 3 aliphatic carbocycles. The van der Waals surface area contributed by atoms with Gasteiger partial charge in [0.25, 0.3) is 11.8 Å². The van der Waals surface area contributed by atoms with Gasteiger partial charge in [-0.1, -0.05) is 16.8 Å². The summed E-state index contributed by atoms with van der Waals surface area (Å²) in [6.45, 7) is 1.44. The summed E-state index contributed by atoms with van der Waals surface area (Å²) in [7, 11) is 0. The van der Waals surface area contributed by atoms with Gasteiger partial charge < -0.3 is 25.0 Å². The van der Waals surface area contributed by atoms with Gasteiger partial charge in [0.2, 0.25) is 5.76 Å². The van der Waals surface area contributed by atoms with Gasteiger partial charge in [-0.3, -0.25) is 9.59 Å². The van der Waals surface area contributed by atoms with Crippen LogP contribution < -0.4 is 15.4 Å². The Balaban J connectivity index is 1.34. The Kier molecular flexibility index (Phi) is 5.65. The van der Waals surface area contributed by atoms with Gasteiger partial charge in [0.1, 0.15) is 11.6 Å². The maximum Gasteiger partial charge on any atom is 0.290 e. The number of nitrogens with zero attached hydrogens (tertiary/aromatic N) is 1. The third-order valence-electron chi connectivity index (χ3n) is 6.20. The molecule has 31 heavy (non-hydrogen) atoms. The lowest BCUT2D eigenvalue weighted by Gasteiger charge is -2.56. The van der Waals surface area contributed by atoms with Crippen LogP contribution in [0.1, 0.15) is 48.4 Å². The first-order valence-electron chi connectivity index (χ1n) is 10.0. The largest absolute Gasteiger partial charge is 0.484 e. The fraction of sp³-hybridized carbons (Fsp3) is 0.476. The molecule has 5 rings (SSSR count). The first-order valence-corrected chi connectivity index (χ1v) is 10.4. The monoisotopic (exact) mass is 451 g/mol. The number of hydrogen-bond acceptors (Lipinski definition) is 6. The smallest absolute Gasteiger partial charge is 0.290 e. The molecule has 166 valence electrons. The summed E-state index contributed by atoms with van der Waals surface area (Å²) in [5.74, 6) is -0.919. The van der Waals surface area contributed by atoms with Crippen molar-refractivity contribution < 1.29 is 28.3 Å².